The van der Waals surface area contributed by atoms with Crippen LogP contribution in [0, 0.1) is 29.7 Å². The molecule has 0 unspecified atom stereocenters. The molecule has 0 amide bonds. The molecule has 7 aromatic carbocycles. The van der Waals surface area contributed by atoms with Gasteiger partial charge in [0.2, 0.25) is 0 Å². The van der Waals surface area contributed by atoms with Crippen molar-refractivity contribution in [2.24, 2.45) is 0 Å². The number of fused-ring (bicyclic) bond motifs is 3. The number of nitrogens with zero attached hydrogens (tertiary/aromatic N) is 5. The van der Waals surface area contributed by atoms with Crippen LogP contribution in [-0.4, -0.2) is 15.0 Å². The van der Waals surface area contributed by atoms with Crippen LogP contribution in [0.25, 0.3) is 109 Å². The van der Waals surface area contributed by atoms with Crippen LogP contribution in [0.15, 0.2) is 219 Å². The quantitative estimate of drug-likeness (QED) is 0.142. The summed E-state index contributed by atoms with van der Waals surface area (Å²) in [5.74, 6) is 0. The second kappa shape index (κ2) is 20.6. The van der Waals surface area contributed by atoms with Gasteiger partial charge in [0, 0.05) is 67.8 Å². The molecule has 0 aliphatic rings. The van der Waals surface area contributed by atoms with Gasteiger partial charge in [0.1, 0.15) is 0 Å². The van der Waals surface area contributed by atoms with E-state index in [1.165, 1.54) is 20.2 Å². The minimum absolute atomic E-state index is 0. The van der Waals surface area contributed by atoms with E-state index in [0.717, 1.165) is 89.1 Å². The molecule has 0 N–H and O–H groups in total. The molecule has 66 heavy (non-hydrogen) atoms. The maximum atomic E-state index is 6.25. The summed E-state index contributed by atoms with van der Waals surface area (Å²) in [5.41, 5.74) is 17.4. The van der Waals surface area contributed by atoms with E-state index in [1.54, 1.807) is 0 Å². The maximum Gasteiger partial charge on any atom is 3.00 e. The van der Waals surface area contributed by atoms with Gasteiger partial charge < -0.3 is 28.7 Å². The topological polar surface area (TPSA) is 86.2 Å². The van der Waals surface area contributed by atoms with E-state index >= 15 is 0 Å². The van der Waals surface area contributed by atoms with Gasteiger partial charge in [-0.2, -0.15) is 0 Å². The van der Waals surface area contributed by atoms with Crippen molar-refractivity contribution in [2.45, 2.75) is 0 Å². The molecule has 11 aromatic rings. The van der Waals surface area contributed by atoms with Gasteiger partial charge in [-0.3, -0.25) is 9.97 Å². The van der Waals surface area contributed by atoms with E-state index in [4.69, 9.17) is 28.7 Å². The molecule has 0 spiro atoms. The molecule has 0 fully saturated rings. The van der Waals surface area contributed by atoms with Crippen LogP contribution in [0.4, 0.5) is 0 Å². The molecule has 0 aliphatic carbocycles. The molecule has 0 aliphatic heterocycles. The Morgan fingerprint density at radius 2 is 0.879 bits per heavy atom. The summed E-state index contributed by atoms with van der Waals surface area (Å²) < 4.78 is 2.56. The zero-order chi connectivity index (χ0) is 44.5. The summed E-state index contributed by atoms with van der Waals surface area (Å²) in [7, 11) is 0. The van der Waals surface area contributed by atoms with Gasteiger partial charge >= 0.3 is 20.1 Å². The Balaban J connectivity index is 0.00000115. The van der Waals surface area contributed by atoms with E-state index in [1.807, 2.05) is 66.5 Å². The predicted molar refractivity (Wildman–Crippen MR) is 265 cm³/mol. The summed E-state index contributed by atoms with van der Waals surface area (Å²) in [6, 6.07) is 70.6. The van der Waals surface area contributed by atoms with Gasteiger partial charge in [-0.05, 0) is 109 Å². The first kappa shape index (κ1) is 44.4. The summed E-state index contributed by atoms with van der Waals surface area (Å²) in [4.78, 5) is 14.1. The monoisotopic (exact) mass is 1040 g/mol. The number of hydrogen-bond acceptors (Lipinski definition) is 6. The normalized spacial score (nSPS) is 10.5. The Labute approximate surface area is 402 Å². The van der Waals surface area contributed by atoms with E-state index in [0.29, 0.717) is 0 Å². The summed E-state index contributed by atoms with van der Waals surface area (Å²) in [6.45, 7) is 9.50. The Hall–Kier alpha value is -8.16. The first-order valence-corrected chi connectivity index (χ1v) is 21.6. The van der Waals surface area contributed by atoms with E-state index in [-0.39, 0.29) is 20.1 Å². The summed E-state index contributed by atoms with van der Waals surface area (Å²) in [5, 5.41) is 15.1. The molecular formula is C59H36IrN5S. The van der Waals surface area contributed by atoms with Gasteiger partial charge in [-0.25, -0.2) is 0 Å². The third kappa shape index (κ3) is 8.84. The first-order valence-electron chi connectivity index (χ1n) is 20.8. The van der Waals surface area contributed by atoms with Crippen molar-refractivity contribution >= 4 is 31.5 Å². The van der Waals surface area contributed by atoms with Crippen LogP contribution in [-0.2, 0) is 20.1 Å². The summed E-state index contributed by atoms with van der Waals surface area (Å²) >= 11 is 1.84. The van der Waals surface area contributed by atoms with Crippen molar-refractivity contribution in [3.63, 3.8) is 0 Å². The van der Waals surface area contributed by atoms with Crippen molar-refractivity contribution in [1.29, 1.82) is 10.5 Å². The van der Waals surface area contributed by atoms with Crippen LogP contribution >= 0.6 is 11.3 Å². The van der Waals surface area contributed by atoms with Crippen molar-refractivity contribution < 1.29 is 20.1 Å². The number of rotatable bonds is 8. The molecule has 0 atom stereocenters. The van der Waals surface area contributed by atoms with Crippen LogP contribution in [0.3, 0.4) is 0 Å². The van der Waals surface area contributed by atoms with Gasteiger partial charge in [0.05, 0.1) is 0 Å². The molecule has 4 heterocycles. The van der Waals surface area contributed by atoms with Gasteiger partial charge in [-0.15, -0.1) is 47.2 Å². The molecule has 7 heteroatoms. The van der Waals surface area contributed by atoms with Crippen molar-refractivity contribution in [3.05, 3.63) is 238 Å². The summed E-state index contributed by atoms with van der Waals surface area (Å²) in [6.07, 6.45) is 9.59. The minimum atomic E-state index is 0. The van der Waals surface area contributed by atoms with E-state index in [2.05, 4.69) is 180 Å². The number of hydrogen-bond donors (Lipinski definition) is 0. The number of thiophene rings is 1. The van der Waals surface area contributed by atoms with Crippen molar-refractivity contribution in [3.8, 4) is 89.1 Å². The fourth-order valence-corrected chi connectivity index (χ4v) is 9.73. The van der Waals surface area contributed by atoms with Gasteiger partial charge in [0.25, 0.3) is 0 Å². The SMILES string of the molecule is [C-]#N.[C-]#N.[Ir+3].[c-]1ccccc1-c1cc(-c2ccc3c(c2)sc2ccccc23)c(-c2ccccc2-c2cc(-c3ccccc3-c3cccnc3)cc(-c3ccccc3-c3cccnc3)c2)cn1. The van der Waals surface area contributed by atoms with Crippen LogP contribution < -0.4 is 0 Å². The Bertz CT molecular complexity index is 3370. The van der Waals surface area contributed by atoms with Crippen LogP contribution in [0.2, 0.25) is 0 Å². The smallest absolute Gasteiger partial charge is 0.512 e. The molecule has 0 radical (unpaired) electrons. The average Bonchev–Trinajstić information content (AvgIpc) is 3.78. The molecule has 0 bridgehead atoms. The molecule has 0 saturated heterocycles. The number of benzene rings is 7. The average molecular weight is 1040 g/mol. The number of aromatic nitrogens is 3. The standard InChI is InChI=1S/C57H36N3S.2CN.Ir/c1-2-14-38(15-3-1)55-34-53(39-26-27-52-51-24-10-11-25-56(51)61-57(52)33-39)54(37-60-55)50-23-9-8-22-49(50)44-31-42(47-20-6-4-18-45(47)40-16-12-28-58-35-40)30-43(32-44)48-21-7-5-19-46(48)41-17-13-29-59-36-41;2*1-2;/h1-14,16-37H;;;/q3*-1;+3. The zero-order valence-electron chi connectivity index (χ0n) is 35.3. The maximum absolute atomic E-state index is 6.25. The van der Waals surface area contributed by atoms with Crippen molar-refractivity contribution in [1.82, 2.24) is 15.0 Å². The van der Waals surface area contributed by atoms with Crippen LogP contribution in [0.1, 0.15) is 0 Å². The third-order valence-corrected chi connectivity index (χ3v) is 12.6. The van der Waals surface area contributed by atoms with E-state index in [9.17, 15) is 0 Å². The van der Waals surface area contributed by atoms with Crippen molar-refractivity contribution in [2.75, 3.05) is 0 Å². The first-order chi connectivity index (χ1) is 32.2. The fraction of sp³-hybridized carbons (Fsp3) is 0. The number of pyridine rings is 3. The molecule has 11 rings (SSSR count). The van der Waals surface area contributed by atoms with Gasteiger partial charge in [-0.1, -0.05) is 121 Å². The molecule has 4 aromatic heterocycles. The van der Waals surface area contributed by atoms with Crippen LogP contribution in [0.5, 0.6) is 0 Å². The predicted octanol–water partition coefficient (Wildman–Crippen LogP) is 15.6. The Morgan fingerprint density at radius 1 is 0.379 bits per heavy atom. The zero-order valence-corrected chi connectivity index (χ0v) is 38.5. The Kier molecular flexibility index (Phi) is 13.8. The molecular weight excluding hydrogens is 1000 g/mol. The molecule has 5 nitrogen and oxygen atoms in total. The largest absolute Gasteiger partial charge is 3.00 e. The second-order valence-electron chi connectivity index (χ2n) is 15.1. The minimum Gasteiger partial charge on any atom is -0.512 e. The molecule has 312 valence electrons. The van der Waals surface area contributed by atoms with Gasteiger partial charge in [0.15, 0.2) is 0 Å². The third-order valence-electron chi connectivity index (χ3n) is 11.5. The molecule has 0 saturated carbocycles. The van der Waals surface area contributed by atoms with E-state index < -0.39 is 0 Å². The Morgan fingerprint density at radius 3 is 1.42 bits per heavy atom. The fourth-order valence-electron chi connectivity index (χ4n) is 8.58. The second-order valence-corrected chi connectivity index (χ2v) is 16.2.